The average Bonchev–Trinajstić information content (AvgIpc) is 2.78. The fourth-order valence-corrected chi connectivity index (χ4v) is 4.59. The number of hydrogen-bond acceptors (Lipinski definition) is 7. The summed E-state index contributed by atoms with van der Waals surface area (Å²) in [7, 11) is -4.69. The van der Waals surface area contributed by atoms with E-state index < -0.39 is 32.2 Å². The second kappa shape index (κ2) is 7.63. The van der Waals surface area contributed by atoms with Crippen molar-refractivity contribution in [2.75, 3.05) is 11.1 Å². The summed E-state index contributed by atoms with van der Waals surface area (Å²) < 4.78 is 26.9. The van der Waals surface area contributed by atoms with E-state index in [0.29, 0.717) is 5.69 Å². The van der Waals surface area contributed by atoms with Crippen LogP contribution in [0.5, 0.6) is 0 Å². The molecule has 3 aromatic carbocycles. The van der Waals surface area contributed by atoms with Crippen LogP contribution in [0.15, 0.2) is 64.1 Å². The van der Waals surface area contributed by atoms with Crippen molar-refractivity contribution in [3.63, 3.8) is 0 Å². The Hall–Kier alpha value is -3.85. The molecule has 1 aliphatic carbocycles. The Kier molecular flexibility index (Phi) is 5.17. The summed E-state index contributed by atoms with van der Waals surface area (Å²) in [6.07, 6.45) is 0. The van der Waals surface area contributed by atoms with E-state index in [1.54, 1.807) is 18.2 Å². The topological polar surface area (TPSA) is 136 Å². The Morgan fingerprint density at radius 2 is 1.48 bits per heavy atom. The first kappa shape index (κ1) is 22.3. The molecule has 0 heterocycles. The lowest BCUT2D eigenvalue weighted by Crippen LogP contribution is -2.25. The van der Waals surface area contributed by atoms with Crippen LogP contribution in [0.4, 0.5) is 17.1 Å². The lowest BCUT2D eigenvalue weighted by molar-refractivity contribution is 0.0980. The number of nitrogens with two attached hydrogens (primary N) is 1. The van der Waals surface area contributed by atoms with Crippen LogP contribution in [0, 0.1) is 4.91 Å². The molecule has 0 atom stereocenters. The molecule has 0 unspecified atom stereocenters. The normalized spacial score (nSPS) is 13.3. The number of fused-ring (bicyclic) bond motifs is 2. The van der Waals surface area contributed by atoms with Crippen molar-refractivity contribution in [1.82, 2.24) is 0 Å². The lowest BCUT2D eigenvalue weighted by Gasteiger charge is -2.24. The summed E-state index contributed by atoms with van der Waals surface area (Å²) in [6.45, 7) is 6.12. The van der Waals surface area contributed by atoms with Crippen LogP contribution in [-0.2, 0) is 15.4 Å². The van der Waals surface area contributed by atoms with Crippen molar-refractivity contribution in [2.45, 2.75) is 31.1 Å². The first-order valence-corrected chi connectivity index (χ1v) is 11.5. The van der Waals surface area contributed by atoms with Gasteiger partial charge in [-0.25, -0.2) is 0 Å². The highest BCUT2D eigenvalue weighted by molar-refractivity contribution is 7.90. The molecule has 0 amide bonds. The molecule has 1 aliphatic rings. The van der Waals surface area contributed by atoms with Gasteiger partial charge in [0.1, 0.15) is 4.90 Å². The second-order valence-electron chi connectivity index (χ2n) is 8.80. The van der Waals surface area contributed by atoms with Gasteiger partial charge in [-0.2, -0.15) is 8.42 Å². The van der Waals surface area contributed by atoms with Gasteiger partial charge in [-0.3, -0.25) is 9.59 Å². The van der Waals surface area contributed by atoms with Gasteiger partial charge in [0, 0.05) is 16.8 Å². The molecule has 0 aliphatic heterocycles. The molecule has 0 spiro atoms. The molecule has 9 heteroatoms. The standard InChI is InChI=1S/C24H21N3O5S/c1-24(2,3)13-7-6-8-14(11-13)26-17-12-18(33(31,32)27-30)21(25)20-19(17)22(28)15-9-4-5-10-16(15)23(20)29/h4-12,26H,25H2,1-3H3. The molecule has 0 bridgehead atoms. The van der Waals surface area contributed by atoms with Gasteiger partial charge >= 0.3 is 10.0 Å². The van der Waals surface area contributed by atoms with Crippen molar-refractivity contribution < 1.29 is 18.0 Å². The highest BCUT2D eigenvalue weighted by Crippen LogP contribution is 2.40. The van der Waals surface area contributed by atoms with Crippen molar-refractivity contribution in [3.05, 3.63) is 87.3 Å². The maximum Gasteiger partial charge on any atom is 0.319 e. The van der Waals surface area contributed by atoms with E-state index in [2.05, 4.69) is 9.90 Å². The Bertz CT molecular complexity index is 1450. The Balaban J connectivity index is 2.00. The number of sulfonamides is 1. The zero-order valence-corrected chi connectivity index (χ0v) is 19.0. The summed E-state index contributed by atoms with van der Waals surface area (Å²) in [5, 5.41) is 3.05. The van der Waals surface area contributed by atoms with E-state index in [4.69, 9.17) is 5.73 Å². The van der Waals surface area contributed by atoms with Crippen LogP contribution in [0.1, 0.15) is 58.2 Å². The maximum absolute atomic E-state index is 13.4. The fraction of sp³-hybridized carbons (Fsp3) is 0.167. The van der Waals surface area contributed by atoms with Gasteiger partial charge in [-0.15, -0.1) is 4.91 Å². The van der Waals surface area contributed by atoms with Crippen LogP contribution in [0.2, 0.25) is 0 Å². The predicted molar refractivity (Wildman–Crippen MR) is 126 cm³/mol. The van der Waals surface area contributed by atoms with Crippen LogP contribution in [0.25, 0.3) is 0 Å². The van der Waals surface area contributed by atoms with Crippen molar-refractivity contribution in [3.8, 4) is 0 Å². The first-order valence-electron chi connectivity index (χ1n) is 10.1. The van der Waals surface area contributed by atoms with Crippen LogP contribution >= 0.6 is 0 Å². The monoisotopic (exact) mass is 463 g/mol. The number of carbonyl (C=O) groups excluding carboxylic acids is 2. The maximum atomic E-state index is 13.4. The fourth-order valence-electron chi connectivity index (χ4n) is 3.86. The van der Waals surface area contributed by atoms with Gasteiger partial charge in [-0.05, 0) is 29.2 Å². The molecule has 168 valence electrons. The van der Waals surface area contributed by atoms with Crippen molar-refractivity contribution in [1.29, 1.82) is 0 Å². The Morgan fingerprint density at radius 1 is 0.879 bits per heavy atom. The predicted octanol–water partition coefficient (Wildman–Crippen LogP) is 4.54. The van der Waals surface area contributed by atoms with Crippen LogP contribution < -0.4 is 11.1 Å². The van der Waals surface area contributed by atoms with Gasteiger partial charge in [0.15, 0.2) is 11.6 Å². The largest absolute Gasteiger partial charge is 0.397 e. The van der Waals surface area contributed by atoms with Gasteiger partial charge in [0.25, 0.3) is 0 Å². The van der Waals surface area contributed by atoms with Gasteiger partial charge in [-0.1, -0.05) is 57.2 Å². The summed E-state index contributed by atoms with van der Waals surface area (Å²) in [4.78, 5) is 37.1. The summed E-state index contributed by atoms with van der Waals surface area (Å²) in [5.41, 5.74) is 6.97. The number of nitroso groups, excluding NO2 is 1. The molecule has 0 saturated heterocycles. The number of carbonyl (C=O) groups is 2. The van der Waals surface area contributed by atoms with E-state index >= 15 is 0 Å². The third-order valence-corrected chi connectivity index (χ3v) is 6.67. The molecule has 0 aromatic heterocycles. The quantitative estimate of drug-likeness (QED) is 0.335. The van der Waals surface area contributed by atoms with E-state index in [-0.39, 0.29) is 33.4 Å². The third-order valence-electron chi connectivity index (χ3n) is 5.58. The summed E-state index contributed by atoms with van der Waals surface area (Å²) >= 11 is 0. The molecular weight excluding hydrogens is 442 g/mol. The van der Waals surface area contributed by atoms with Crippen LogP contribution in [0.3, 0.4) is 0 Å². The van der Waals surface area contributed by atoms with E-state index in [1.165, 1.54) is 12.1 Å². The number of hydrogen-bond donors (Lipinski definition) is 2. The van der Waals surface area contributed by atoms with Crippen molar-refractivity contribution in [2.24, 2.45) is 4.58 Å². The third kappa shape index (κ3) is 3.70. The van der Waals surface area contributed by atoms with Gasteiger partial charge in [0.05, 0.1) is 27.1 Å². The molecule has 0 radical (unpaired) electrons. The van der Waals surface area contributed by atoms with Crippen molar-refractivity contribution >= 4 is 38.7 Å². The molecule has 4 rings (SSSR count). The number of rotatable bonds is 4. The number of ketones is 2. The zero-order valence-electron chi connectivity index (χ0n) is 18.2. The number of nitrogens with one attached hydrogen (secondary N) is 1. The molecule has 0 saturated carbocycles. The van der Waals surface area contributed by atoms with E-state index in [1.807, 2.05) is 39.0 Å². The number of nitrogens with zero attached hydrogens (tertiary/aromatic N) is 1. The van der Waals surface area contributed by atoms with Gasteiger partial charge in [0.2, 0.25) is 0 Å². The molecule has 3 aromatic rings. The van der Waals surface area contributed by atoms with E-state index in [9.17, 15) is 22.9 Å². The number of benzene rings is 3. The highest BCUT2D eigenvalue weighted by Gasteiger charge is 2.37. The number of nitrogen functional groups attached to an aromatic ring is 1. The minimum atomic E-state index is -4.69. The van der Waals surface area contributed by atoms with E-state index in [0.717, 1.165) is 11.6 Å². The number of anilines is 3. The molecular formula is C24H21N3O5S. The average molecular weight is 464 g/mol. The SMILES string of the molecule is CC(C)(C)c1cccc(Nc2cc(S(=O)(=O)N=O)c(N)c3c2C(=O)c2ccccc2C3=O)c1. The smallest absolute Gasteiger partial charge is 0.319 e. The molecule has 0 fully saturated rings. The zero-order chi connectivity index (χ0) is 24.1. The molecule has 33 heavy (non-hydrogen) atoms. The highest BCUT2D eigenvalue weighted by atomic mass is 32.2. The Labute approximate surface area is 190 Å². The van der Waals surface area contributed by atoms with Gasteiger partial charge < -0.3 is 11.1 Å². The minimum absolute atomic E-state index is 0.0420. The summed E-state index contributed by atoms with van der Waals surface area (Å²) in [6, 6.07) is 14.7. The minimum Gasteiger partial charge on any atom is -0.397 e. The molecule has 3 N–H and O–H groups in total. The molecule has 8 nitrogen and oxygen atoms in total. The second-order valence-corrected chi connectivity index (χ2v) is 10.3. The summed E-state index contributed by atoms with van der Waals surface area (Å²) in [5.74, 6) is -1.09. The lowest BCUT2D eigenvalue weighted by atomic mass is 9.82. The van der Waals surface area contributed by atoms with Crippen LogP contribution in [-0.4, -0.2) is 20.0 Å². The Morgan fingerprint density at radius 3 is 2.06 bits per heavy atom. The first-order chi connectivity index (χ1) is 15.5.